The second-order valence-corrected chi connectivity index (χ2v) is 6.41. The lowest BCUT2D eigenvalue weighted by molar-refractivity contribution is -0.115. The van der Waals surface area contributed by atoms with E-state index in [0.29, 0.717) is 22.8 Å². The van der Waals surface area contributed by atoms with E-state index in [4.69, 9.17) is 9.15 Å². The van der Waals surface area contributed by atoms with E-state index in [0.717, 1.165) is 16.6 Å². The summed E-state index contributed by atoms with van der Waals surface area (Å²) < 4.78 is 25.5. The van der Waals surface area contributed by atoms with Gasteiger partial charge in [0.25, 0.3) is 0 Å². The Morgan fingerprint density at radius 1 is 1.21 bits per heavy atom. The van der Waals surface area contributed by atoms with Gasteiger partial charge in [-0.15, -0.1) is 0 Å². The molecule has 0 spiro atoms. The molecule has 2 aromatic carbocycles. The zero-order chi connectivity index (χ0) is 19.7. The molecular weight excluding hydrogens is 361 g/mol. The van der Waals surface area contributed by atoms with Crippen molar-refractivity contribution in [2.45, 2.75) is 13.3 Å². The number of ether oxygens (including phenoxy) is 1. The largest absolute Gasteiger partial charge is 0.497 e. The van der Waals surface area contributed by atoms with E-state index in [2.05, 4.69) is 10.4 Å². The fraction of sp³-hybridized carbons (Fsp3) is 0.143. The second kappa shape index (κ2) is 7.19. The van der Waals surface area contributed by atoms with Crippen molar-refractivity contribution in [1.29, 1.82) is 0 Å². The third-order valence-electron chi connectivity index (χ3n) is 4.38. The predicted octanol–water partition coefficient (Wildman–Crippen LogP) is 4.26. The Bertz CT molecular complexity index is 1150. The SMILES string of the molecule is COc1ccc2c(CC(=O)Nc3cc(C)nn3-c3ccc(F)cc3)coc2c1. The van der Waals surface area contributed by atoms with Gasteiger partial charge in [0.2, 0.25) is 5.91 Å². The molecule has 0 fully saturated rings. The summed E-state index contributed by atoms with van der Waals surface area (Å²) in [5.74, 6) is 0.670. The molecule has 1 amide bonds. The topological polar surface area (TPSA) is 69.3 Å². The maximum atomic E-state index is 13.2. The molecule has 2 heterocycles. The Labute approximate surface area is 160 Å². The van der Waals surface area contributed by atoms with Crippen LogP contribution in [0.3, 0.4) is 0 Å². The Morgan fingerprint density at radius 3 is 2.75 bits per heavy atom. The van der Waals surface area contributed by atoms with Crippen LogP contribution in [-0.4, -0.2) is 22.8 Å². The van der Waals surface area contributed by atoms with Gasteiger partial charge >= 0.3 is 0 Å². The summed E-state index contributed by atoms with van der Waals surface area (Å²) in [5, 5.41) is 8.11. The Kier molecular flexibility index (Phi) is 4.57. The van der Waals surface area contributed by atoms with Crippen LogP contribution in [0.5, 0.6) is 5.75 Å². The molecule has 4 rings (SSSR count). The molecule has 28 heavy (non-hydrogen) atoms. The quantitative estimate of drug-likeness (QED) is 0.563. The van der Waals surface area contributed by atoms with Crippen molar-refractivity contribution in [2.75, 3.05) is 12.4 Å². The lowest BCUT2D eigenvalue weighted by atomic mass is 10.1. The first-order chi connectivity index (χ1) is 13.5. The highest BCUT2D eigenvalue weighted by atomic mass is 19.1. The zero-order valence-electron chi connectivity index (χ0n) is 15.4. The monoisotopic (exact) mass is 379 g/mol. The number of benzene rings is 2. The number of hydrogen-bond acceptors (Lipinski definition) is 4. The smallest absolute Gasteiger partial charge is 0.230 e. The third-order valence-corrected chi connectivity index (χ3v) is 4.38. The lowest BCUT2D eigenvalue weighted by Crippen LogP contribution is -2.17. The first kappa shape index (κ1) is 17.8. The van der Waals surface area contributed by atoms with E-state index >= 15 is 0 Å². The molecule has 0 saturated carbocycles. The highest BCUT2D eigenvalue weighted by Gasteiger charge is 2.14. The summed E-state index contributed by atoms with van der Waals surface area (Å²) in [5.41, 5.74) is 2.83. The first-order valence-corrected chi connectivity index (χ1v) is 8.70. The van der Waals surface area contributed by atoms with Crippen molar-refractivity contribution in [2.24, 2.45) is 0 Å². The first-order valence-electron chi connectivity index (χ1n) is 8.70. The van der Waals surface area contributed by atoms with Crippen LogP contribution in [0.15, 0.2) is 59.2 Å². The minimum Gasteiger partial charge on any atom is -0.497 e. The molecule has 0 aliphatic rings. The van der Waals surface area contributed by atoms with Gasteiger partial charge in [-0.05, 0) is 43.3 Å². The van der Waals surface area contributed by atoms with Crippen LogP contribution >= 0.6 is 0 Å². The van der Waals surface area contributed by atoms with Gasteiger partial charge in [-0.1, -0.05) is 0 Å². The van der Waals surface area contributed by atoms with E-state index in [1.807, 2.05) is 19.1 Å². The van der Waals surface area contributed by atoms with Crippen LogP contribution in [0, 0.1) is 12.7 Å². The Morgan fingerprint density at radius 2 is 2.00 bits per heavy atom. The fourth-order valence-electron chi connectivity index (χ4n) is 3.06. The van der Waals surface area contributed by atoms with Crippen molar-refractivity contribution in [3.05, 3.63) is 71.9 Å². The fourth-order valence-corrected chi connectivity index (χ4v) is 3.06. The predicted molar refractivity (Wildman–Crippen MR) is 103 cm³/mol. The molecule has 0 aliphatic carbocycles. The molecule has 0 bridgehead atoms. The van der Waals surface area contributed by atoms with Gasteiger partial charge in [-0.2, -0.15) is 5.10 Å². The summed E-state index contributed by atoms with van der Waals surface area (Å²) in [7, 11) is 1.59. The number of hydrogen-bond donors (Lipinski definition) is 1. The minimum absolute atomic E-state index is 0.146. The normalized spacial score (nSPS) is 11.0. The van der Waals surface area contributed by atoms with Crippen molar-refractivity contribution in [1.82, 2.24) is 9.78 Å². The van der Waals surface area contributed by atoms with Gasteiger partial charge in [0.1, 0.15) is 23.0 Å². The number of furan rings is 1. The number of halogens is 1. The Hall–Kier alpha value is -3.61. The van der Waals surface area contributed by atoms with Crippen LogP contribution in [0.2, 0.25) is 0 Å². The number of anilines is 1. The number of amides is 1. The number of nitrogens with zero attached hydrogens (tertiary/aromatic N) is 2. The summed E-state index contributed by atoms with van der Waals surface area (Å²) in [4.78, 5) is 12.6. The molecule has 0 saturated heterocycles. The number of carbonyl (C=O) groups is 1. The van der Waals surface area contributed by atoms with E-state index in [1.165, 1.54) is 12.1 Å². The van der Waals surface area contributed by atoms with Gasteiger partial charge < -0.3 is 14.5 Å². The van der Waals surface area contributed by atoms with Crippen molar-refractivity contribution < 1.29 is 18.3 Å². The molecule has 142 valence electrons. The average molecular weight is 379 g/mol. The maximum absolute atomic E-state index is 13.2. The number of methoxy groups -OCH3 is 1. The van der Waals surface area contributed by atoms with Crippen molar-refractivity contribution >= 4 is 22.7 Å². The summed E-state index contributed by atoms with van der Waals surface area (Å²) in [6.45, 7) is 1.83. The molecule has 0 aliphatic heterocycles. The number of carbonyl (C=O) groups excluding carboxylic acids is 1. The number of nitrogens with one attached hydrogen (secondary N) is 1. The average Bonchev–Trinajstić information content (AvgIpc) is 3.25. The number of aromatic nitrogens is 2. The van der Waals surface area contributed by atoms with Gasteiger partial charge in [-0.3, -0.25) is 4.79 Å². The van der Waals surface area contributed by atoms with Crippen LogP contribution in [0.1, 0.15) is 11.3 Å². The molecule has 0 radical (unpaired) electrons. The van der Waals surface area contributed by atoms with Crippen LogP contribution in [0.4, 0.5) is 10.2 Å². The Balaban J connectivity index is 1.55. The highest BCUT2D eigenvalue weighted by molar-refractivity contribution is 5.95. The summed E-state index contributed by atoms with van der Waals surface area (Å²) >= 11 is 0. The summed E-state index contributed by atoms with van der Waals surface area (Å²) in [6, 6.07) is 13.2. The van der Waals surface area contributed by atoms with Gasteiger partial charge in [0.05, 0.1) is 31.2 Å². The second-order valence-electron chi connectivity index (χ2n) is 6.41. The minimum atomic E-state index is -0.332. The molecule has 4 aromatic rings. The van der Waals surface area contributed by atoms with Gasteiger partial charge in [-0.25, -0.2) is 9.07 Å². The van der Waals surface area contributed by atoms with Crippen molar-refractivity contribution in [3.63, 3.8) is 0 Å². The van der Waals surface area contributed by atoms with Crippen LogP contribution < -0.4 is 10.1 Å². The lowest BCUT2D eigenvalue weighted by Gasteiger charge is -2.09. The van der Waals surface area contributed by atoms with E-state index < -0.39 is 0 Å². The third kappa shape index (κ3) is 3.46. The number of rotatable bonds is 5. The maximum Gasteiger partial charge on any atom is 0.230 e. The molecular formula is C21H18FN3O3. The van der Waals surface area contributed by atoms with Crippen LogP contribution in [0.25, 0.3) is 16.7 Å². The van der Waals surface area contributed by atoms with Gasteiger partial charge in [0, 0.05) is 23.1 Å². The van der Waals surface area contributed by atoms with Crippen LogP contribution in [-0.2, 0) is 11.2 Å². The standard InChI is InChI=1S/C21H18FN3O3/c1-13-9-20(25(24-13)16-5-3-15(22)4-6-16)23-21(26)10-14-12-28-19-11-17(27-2)7-8-18(14)19/h3-9,11-12H,10H2,1-2H3,(H,23,26). The molecule has 0 unspecified atom stereocenters. The molecule has 1 N–H and O–H groups in total. The van der Waals surface area contributed by atoms with E-state index in [9.17, 15) is 9.18 Å². The molecule has 2 aromatic heterocycles. The number of aryl methyl sites for hydroxylation is 1. The van der Waals surface area contributed by atoms with Gasteiger partial charge in [0.15, 0.2) is 0 Å². The molecule has 0 atom stereocenters. The molecule has 6 nitrogen and oxygen atoms in total. The zero-order valence-corrected chi connectivity index (χ0v) is 15.4. The van der Waals surface area contributed by atoms with Crippen molar-refractivity contribution in [3.8, 4) is 11.4 Å². The summed E-state index contributed by atoms with van der Waals surface area (Å²) in [6.07, 6.45) is 1.72. The highest BCUT2D eigenvalue weighted by Crippen LogP contribution is 2.26. The van der Waals surface area contributed by atoms with E-state index in [1.54, 1.807) is 42.3 Å². The number of fused-ring (bicyclic) bond motifs is 1. The molecule has 7 heteroatoms. The van der Waals surface area contributed by atoms with E-state index in [-0.39, 0.29) is 18.1 Å².